The van der Waals surface area contributed by atoms with Crippen molar-refractivity contribution in [2.45, 2.75) is 51.6 Å². The molecule has 2 rings (SSSR count). The number of likely N-dealkylation sites (tertiary alicyclic amines) is 1. The second kappa shape index (κ2) is 4.19. The number of nitrogens with zero attached hydrogens (tertiary/aromatic N) is 1. The van der Waals surface area contributed by atoms with E-state index in [9.17, 15) is 0 Å². The van der Waals surface area contributed by atoms with Gasteiger partial charge in [-0.15, -0.1) is 0 Å². The summed E-state index contributed by atoms with van der Waals surface area (Å²) in [6.45, 7) is 6.91. The Morgan fingerprint density at radius 3 is 2.50 bits per heavy atom. The third-order valence-electron chi connectivity index (χ3n) is 3.92. The Balaban J connectivity index is 1.96. The standard InChI is InChI=1S/C12H24N2/c1-9(2)12-7-10(8-13)5-6-14(12)11-3-4-11/h9-12H,3-8,13H2,1-2H3. The molecule has 1 saturated heterocycles. The lowest BCUT2D eigenvalue weighted by molar-refractivity contribution is 0.0755. The Hall–Kier alpha value is -0.0800. The first-order valence-corrected chi connectivity index (χ1v) is 6.18. The fraction of sp³-hybridized carbons (Fsp3) is 1.00. The molecule has 2 aliphatic rings. The monoisotopic (exact) mass is 196 g/mol. The number of hydrogen-bond acceptors (Lipinski definition) is 2. The van der Waals surface area contributed by atoms with Gasteiger partial charge < -0.3 is 5.73 Å². The van der Waals surface area contributed by atoms with E-state index in [0.29, 0.717) is 0 Å². The smallest absolute Gasteiger partial charge is 0.0124 e. The molecule has 2 fully saturated rings. The lowest BCUT2D eigenvalue weighted by Gasteiger charge is -2.41. The second-order valence-electron chi connectivity index (χ2n) is 5.41. The fourth-order valence-electron chi connectivity index (χ4n) is 2.82. The molecule has 14 heavy (non-hydrogen) atoms. The first-order valence-electron chi connectivity index (χ1n) is 6.18. The molecule has 2 unspecified atom stereocenters. The van der Waals surface area contributed by atoms with E-state index >= 15 is 0 Å². The average molecular weight is 196 g/mol. The zero-order chi connectivity index (χ0) is 10.1. The van der Waals surface area contributed by atoms with Crippen LogP contribution in [0.5, 0.6) is 0 Å². The lowest BCUT2D eigenvalue weighted by atomic mass is 9.85. The van der Waals surface area contributed by atoms with Crippen LogP contribution in [0.2, 0.25) is 0 Å². The highest BCUT2D eigenvalue weighted by molar-refractivity contribution is 4.93. The zero-order valence-electron chi connectivity index (χ0n) is 9.58. The maximum absolute atomic E-state index is 5.78. The van der Waals surface area contributed by atoms with E-state index in [0.717, 1.165) is 30.5 Å². The van der Waals surface area contributed by atoms with Gasteiger partial charge >= 0.3 is 0 Å². The SMILES string of the molecule is CC(C)C1CC(CN)CCN1C1CC1. The number of rotatable bonds is 3. The first kappa shape index (κ1) is 10.4. The molecule has 0 amide bonds. The van der Waals surface area contributed by atoms with Crippen molar-refractivity contribution in [3.05, 3.63) is 0 Å². The van der Waals surface area contributed by atoms with Gasteiger partial charge in [0.2, 0.25) is 0 Å². The van der Waals surface area contributed by atoms with Crippen LogP contribution >= 0.6 is 0 Å². The predicted molar refractivity (Wildman–Crippen MR) is 60.1 cm³/mol. The van der Waals surface area contributed by atoms with Crippen molar-refractivity contribution in [3.8, 4) is 0 Å². The van der Waals surface area contributed by atoms with E-state index in [-0.39, 0.29) is 0 Å². The molecule has 0 spiro atoms. The molecular weight excluding hydrogens is 172 g/mol. The van der Waals surface area contributed by atoms with Crippen molar-refractivity contribution in [2.24, 2.45) is 17.6 Å². The minimum atomic E-state index is 0.789. The van der Waals surface area contributed by atoms with Gasteiger partial charge in [-0.25, -0.2) is 0 Å². The van der Waals surface area contributed by atoms with Crippen LogP contribution in [-0.4, -0.2) is 30.1 Å². The van der Waals surface area contributed by atoms with E-state index in [1.54, 1.807) is 0 Å². The predicted octanol–water partition coefficient (Wildman–Crippen LogP) is 1.84. The summed E-state index contributed by atoms with van der Waals surface area (Å²) in [6.07, 6.45) is 5.55. The van der Waals surface area contributed by atoms with Crippen LogP contribution < -0.4 is 5.73 Å². The van der Waals surface area contributed by atoms with E-state index in [2.05, 4.69) is 18.7 Å². The van der Waals surface area contributed by atoms with E-state index in [4.69, 9.17) is 5.73 Å². The third-order valence-corrected chi connectivity index (χ3v) is 3.92. The zero-order valence-corrected chi connectivity index (χ0v) is 9.58. The van der Waals surface area contributed by atoms with Gasteiger partial charge in [0, 0.05) is 12.1 Å². The molecule has 0 aromatic heterocycles. The summed E-state index contributed by atoms with van der Waals surface area (Å²) in [5.74, 6) is 1.59. The van der Waals surface area contributed by atoms with Crippen LogP contribution in [0.1, 0.15) is 39.5 Å². The Morgan fingerprint density at radius 2 is 2.00 bits per heavy atom. The van der Waals surface area contributed by atoms with Crippen molar-refractivity contribution >= 4 is 0 Å². The minimum absolute atomic E-state index is 0.789. The van der Waals surface area contributed by atoms with Crippen molar-refractivity contribution < 1.29 is 0 Å². The highest BCUT2D eigenvalue weighted by Gasteiger charge is 2.38. The summed E-state index contributed by atoms with van der Waals surface area (Å²) in [4.78, 5) is 2.76. The molecule has 1 aliphatic carbocycles. The van der Waals surface area contributed by atoms with E-state index in [1.165, 1.54) is 32.2 Å². The summed E-state index contributed by atoms with van der Waals surface area (Å²) in [5.41, 5.74) is 5.78. The van der Waals surface area contributed by atoms with Gasteiger partial charge in [-0.05, 0) is 50.6 Å². The molecular formula is C12H24N2. The fourth-order valence-corrected chi connectivity index (χ4v) is 2.82. The maximum Gasteiger partial charge on any atom is 0.0124 e. The highest BCUT2D eigenvalue weighted by atomic mass is 15.2. The van der Waals surface area contributed by atoms with Crippen LogP contribution in [-0.2, 0) is 0 Å². The lowest BCUT2D eigenvalue weighted by Crippen LogP contribution is -2.47. The number of nitrogens with two attached hydrogens (primary N) is 1. The molecule has 0 aromatic carbocycles. The van der Waals surface area contributed by atoms with E-state index in [1.807, 2.05) is 0 Å². The molecule has 2 atom stereocenters. The quantitative estimate of drug-likeness (QED) is 0.746. The molecule has 1 saturated carbocycles. The Morgan fingerprint density at radius 1 is 1.29 bits per heavy atom. The van der Waals surface area contributed by atoms with Crippen molar-refractivity contribution in [3.63, 3.8) is 0 Å². The third kappa shape index (κ3) is 2.12. The van der Waals surface area contributed by atoms with Crippen molar-refractivity contribution in [2.75, 3.05) is 13.1 Å². The number of hydrogen-bond donors (Lipinski definition) is 1. The minimum Gasteiger partial charge on any atom is -0.330 e. The van der Waals surface area contributed by atoms with Crippen molar-refractivity contribution in [1.29, 1.82) is 0 Å². The Kier molecular flexibility index (Phi) is 3.13. The van der Waals surface area contributed by atoms with Gasteiger partial charge in [0.05, 0.1) is 0 Å². The van der Waals surface area contributed by atoms with Gasteiger partial charge in [-0.3, -0.25) is 4.90 Å². The molecule has 0 aromatic rings. The molecule has 0 bridgehead atoms. The molecule has 82 valence electrons. The summed E-state index contributed by atoms with van der Waals surface area (Å²) in [7, 11) is 0. The van der Waals surface area contributed by atoms with Gasteiger partial charge in [0.1, 0.15) is 0 Å². The topological polar surface area (TPSA) is 29.3 Å². The van der Waals surface area contributed by atoms with Crippen LogP contribution in [0.25, 0.3) is 0 Å². The van der Waals surface area contributed by atoms with Crippen molar-refractivity contribution in [1.82, 2.24) is 4.90 Å². The largest absolute Gasteiger partial charge is 0.330 e. The summed E-state index contributed by atoms with van der Waals surface area (Å²) >= 11 is 0. The summed E-state index contributed by atoms with van der Waals surface area (Å²) in [6, 6.07) is 1.74. The van der Waals surface area contributed by atoms with Crippen LogP contribution in [0, 0.1) is 11.8 Å². The molecule has 1 aliphatic heterocycles. The number of piperidine rings is 1. The van der Waals surface area contributed by atoms with Gasteiger partial charge in [0.25, 0.3) is 0 Å². The Bertz CT molecular complexity index is 187. The van der Waals surface area contributed by atoms with Gasteiger partial charge in [-0.2, -0.15) is 0 Å². The van der Waals surface area contributed by atoms with Crippen LogP contribution in [0.3, 0.4) is 0 Å². The average Bonchev–Trinajstić information content (AvgIpc) is 3.00. The van der Waals surface area contributed by atoms with Gasteiger partial charge in [-0.1, -0.05) is 13.8 Å². The maximum atomic E-state index is 5.78. The molecule has 0 radical (unpaired) electrons. The van der Waals surface area contributed by atoms with Gasteiger partial charge in [0.15, 0.2) is 0 Å². The molecule has 2 heteroatoms. The molecule has 2 nitrogen and oxygen atoms in total. The molecule has 1 heterocycles. The highest BCUT2D eigenvalue weighted by Crippen LogP contribution is 2.36. The van der Waals surface area contributed by atoms with Crippen LogP contribution in [0.15, 0.2) is 0 Å². The molecule has 2 N–H and O–H groups in total. The summed E-state index contributed by atoms with van der Waals surface area (Å²) < 4.78 is 0. The van der Waals surface area contributed by atoms with Crippen LogP contribution in [0.4, 0.5) is 0 Å². The normalized spacial score (nSPS) is 35.1. The van der Waals surface area contributed by atoms with E-state index < -0.39 is 0 Å². The second-order valence-corrected chi connectivity index (χ2v) is 5.41. The Labute approximate surface area is 87.8 Å². The summed E-state index contributed by atoms with van der Waals surface area (Å²) in [5, 5.41) is 0. The first-order chi connectivity index (χ1) is 6.72.